The second-order valence-corrected chi connectivity index (χ2v) is 4.26. The number of aliphatic hydroxyl groups is 1. The molecule has 4 heteroatoms. The van der Waals surface area contributed by atoms with E-state index in [9.17, 15) is 5.11 Å². The summed E-state index contributed by atoms with van der Waals surface area (Å²) >= 11 is 1.86. The second-order valence-electron chi connectivity index (χ2n) is 3.64. The van der Waals surface area contributed by atoms with Crippen LogP contribution in [0.15, 0.2) is 18.2 Å². The number of hydrogen-bond acceptors (Lipinski definition) is 3. The van der Waals surface area contributed by atoms with Crippen LogP contribution in [-0.2, 0) is 15.1 Å². The lowest BCUT2D eigenvalue weighted by Crippen LogP contribution is -2.18. The van der Waals surface area contributed by atoms with Crippen molar-refractivity contribution < 1.29 is 8.17 Å². The Hall–Kier alpha value is -0.200. The number of hydrogen-bond donors (Lipinski definition) is 1. The van der Waals surface area contributed by atoms with E-state index in [0.717, 1.165) is 12.1 Å². The number of rotatable bonds is 4. The van der Waals surface area contributed by atoms with Crippen LogP contribution in [0.25, 0.3) is 0 Å². The Labute approximate surface area is 98.2 Å². The van der Waals surface area contributed by atoms with Gasteiger partial charge in [-0.1, -0.05) is 6.07 Å². The summed E-state index contributed by atoms with van der Waals surface area (Å²) in [6, 6.07) is 5.67. The molecular formula is C10H14INO2. The number of halogens is 1. The van der Waals surface area contributed by atoms with Crippen LogP contribution in [0.4, 0.5) is 0 Å². The first-order chi connectivity index (χ1) is 6.54. The molecule has 0 aliphatic heterocycles. The second kappa shape index (κ2) is 5.04. The highest BCUT2D eigenvalue weighted by atomic mass is 127. The molecule has 0 aliphatic carbocycles. The van der Waals surface area contributed by atoms with Gasteiger partial charge < -0.3 is 8.17 Å². The molecule has 0 spiro atoms. The molecule has 0 fully saturated rings. The van der Waals surface area contributed by atoms with Crippen LogP contribution in [-0.4, -0.2) is 16.7 Å². The molecule has 0 saturated heterocycles. The molecule has 1 rings (SSSR count). The summed E-state index contributed by atoms with van der Waals surface area (Å²) in [6.07, 6.45) is 0.771. The standard InChI is InChI=1S/C10H14INO2/c1-10(2,13)9-5-3-4-8(12-9)6-7-14-11/h3-5,13H,6-7H2,1-2H3. The molecule has 0 atom stereocenters. The predicted molar refractivity (Wildman–Crippen MR) is 63.2 cm³/mol. The molecule has 14 heavy (non-hydrogen) atoms. The minimum absolute atomic E-state index is 0.642. The van der Waals surface area contributed by atoms with E-state index in [1.165, 1.54) is 0 Å². The molecule has 0 aliphatic rings. The summed E-state index contributed by atoms with van der Waals surface area (Å²) < 4.78 is 4.94. The van der Waals surface area contributed by atoms with Gasteiger partial charge in [0.25, 0.3) is 0 Å². The van der Waals surface area contributed by atoms with E-state index in [0.29, 0.717) is 12.3 Å². The maximum absolute atomic E-state index is 9.74. The van der Waals surface area contributed by atoms with E-state index in [-0.39, 0.29) is 0 Å². The van der Waals surface area contributed by atoms with Gasteiger partial charge in [0.15, 0.2) is 0 Å². The Morgan fingerprint density at radius 2 is 2.21 bits per heavy atom. The van der Waals surface area contributed by atoms with Crippen LogP contribution in [0.2, 0.25) is 0 Å². The minimum Gasteiger partial charge on any atom is -0.384 e. The number of pyridine rings is 1. The highest BCUT2D eigenvalue weighted by Gasteiger charge is 2.17. The van der Waals surface area contributed by atoms with Crippen molar-refractivity contribution in [1.82, 2.24) is 4.98 Å². The highest BCUT2D eigenvalue weighted by molar-refractivity contribution is 14.1. The monoisotopic (exact) mass is 307 g/mol. The van der Waals surface area contributed by atoms with Gasteiger partial charge in [-0.3, -0.25) is 4.98 Å². The summed E-state index contributed by atoms with van der Waals surface area (Å²) in [5.41, 5.74) is 0.769. The molecule has 0 saturated carbocycles. The molecule has 1 N–H and O–H groups in total. The molecule has 0 radical (unpaired) electrons. The topological polar surface area (TPSA) is 42.4 Å². The normalized spacial score (nSPS) is 11.7. The average Bonchev–Trinajstić information content (AvgIpc) is 2.14. The van der Waals surface area contributed by atoms with Crippen LogP contribution < -0.4 is 0 Å². The smallest absolute Gasteiger partial charge is 0.109 e. The third-order valence-corrected chi connectivity index (χ3v) is 2.31. The van der Waals surface area contributed by atoms with Gasteiger partial charge in [-0.15, -0.1) is 0 Å². The summed E-state index contributed by atoms with van der Waals surface area (Å²) in [5.74, 6) is 0. The average molecular weight is 307 g/mol. The molecule has 0 unspecified atom stereocenters. The van der Waals surface area contributed by atoms with Crippen molar-refractivity contribution in [2.45, 2.75) is 25.9 Å². The van der Waals surface area contributed by atoms with Crippen molar-refractivity contribution in [2.75, 3.05) is 6.61 Å². The van der Waals surface area contributed by atoms with Crippen LogP contribution in [0.3, 0.4) is 0 Å². The molecule has 0 bridgehead atoms. The zero-order chi connectivity index (χ0) is 10.6. The zero-order valence-electron chi connectivity index (χ0n) is 8.33. The quantitative estimate of drug-likeness (QED) is 0.867. The van der Waals surface area contributed by atoms with Crippen molar-refractivity contribution >= 4 is 23.0 Å². The molecular weight excluding hydrogens is 293 g/mol. The lowest BCUT2D eigenvalue weighted by atomic mass is 10.0. The lowest BCUT2D eigenvalue weighted by molar-refractivity contribution is 0.0736. The Bertz CT molecular complexity index is 296. The number of nitrogens with zero attached hydrogens (tertiary/aromatic N) is 1. The van der Waals surface area contributed by atoms with Crippen molar-refractivity contribution in [2.24, 2.45) is 0 Å². The Balaban J connectivity index is 2.79. The maximum atomic E-state index is 9.74. The van der Waals surface area contributed by atoms with Crippen LogP contribution in [0, 0.1) is 0 Å². The van der Waals surface area contributed by atoms with Crippen molar-refractivity contribution in [3.8, 4) is 0 Å². The fourth-order valence-electron chi connectivity index (χ4n) is 1.10. The first kappa shape index (κ1) is 11.9. The van der Waals surface area contributed by atoms with Crippen LogP contribution in [0.5, 0.6) is 0 Å². The van der Waals surface area contributed by atoms with Crippen molar-refractivity contribution in [1.29, 1.82) is 0 Å². The van der Waals surface area contributed by atoms with E-state index in [1.807, 2.05) is 41.2 Å². The van der Waals surface area contributed by atoms with E-state index in [2.05, 4.69) is 4.98 Å². The third-order valence-electron chi connectivity index (χ3n) is 1.87. The van der Waals surface area contributed by atoms with Crippen molar-refractivity contribution in [3.05, 3.63) is 29.6 Å². The zero-order valence-corrected chi connectivity index (χ0v) is 10.5. The largest absolute Gasteiger partial charge is 0.384 e. The van der Waals surface area contributed by atoms with Gasteiger partial charge in [-0.2, -0.15) is 0 Å². The minimum atomic E-state index is -0.874. The summed E-state index contributed by atoms with van der Waals surface area (Å²) in [5, 5.41) is 9.74. The third kappa shape index (κ3) is 3.51. The van der Waals surface area contributed by atoms with E-state index in [1.54, 1.807) is 13.8 Å². The first-order valence-corrected chi connectivity index (χ1v) is 5.34. The van der Waals surface area contributed by atoms with Gasteiger partial charge in [0.2, 0.25) is 0 Å². The summed E-state index contributed by atoms with van der Waals surface area (Å²) in [6.45, 7) is 4.10. The molecule has 78 valence electrons. The molecule has 0 aromatic carbocycles. The van der Waals surface area contributed by atoms with Gasteiger partial charge in [-0.05, 0) is 26.0 Å². The Morgan fingerprint density at radius 3 is 2.79 bits per heavy atom. The highest BCUT2D eigenvalue weighted by Crippen LogP contribution is 2.17. The van der Waals surface area contributed by atoms with E-state index in [4.69, 9.17) is 3.07 Å². The van der Waals surface area contributed by atoms with E-state index >= 15 is 0 Å². The van der Waals surface area contributed by atoms with Crippen LogP contribution in [0.1, 0.15) is 25.2 Å². The SMILES string of the molecule is CC(C)(O)c1cccc(CCOI)n1. The molecule has 0 amide bonds. The summed E-state index contributed by atoms with van der Waals surface area (Å²) in [4.78, 5) is 4.35. The van der Waals surface area contributed by atoms with Gasteiger partial charge in [0, 0.05) is 12.1 Å². The van der Waals surface area contributed by atoms with Gasteiger partial charge in [-0.25, -0.2) is 0 Å². The van der Waals surface area contributed by atoms with Crippen molar-refractivity contribution in [3.63, 3.8) is 0 Å². The molecule has 1 aromatic rings. The molecule has 3 nitrogen and oxygen atoms in total. The van der Waals surface area contributed by atoms with Gasteiger partial charge in [0.1, 0.15) is 28.6 Å². The fourth-order valence-corrected chi connectivity index (χ4v) is 1.32. The summed E-state index contributed by atoms with van der Waals surface area (Å²) in [7, 11) is 0. The Morgan fingerprint density at radius 1 is 1.50 bits per heavy atom. The molecule has 1 heterocycles. The first-order valence-electron chi connectivity index (χ1n) is 4.46. The van der Waals surface area contributed by atoms with Gasteiger partial charge >= 0.3 is 0 Å². The fraction of sp³-hybridized carbons (Fsp3) is 0.500. The lowest BCUT2D eigenvalue weighted by Gasteiger charge is -2.16. The maximum Gasteiger partial charge on any atom is 0.109 e. The number of aromatic nitrogens is 1. The Kier molecular flexibility index (Phi) is 4.28. The van der Waals surface area contributed by atoms with E-state index < -0.39 is 5.60 Å². The van der Waals surface area contributed by atoms with Crippen LogP contribution >= 0.6 is 23.0 Å². The predicted octanol–water partition coefficient (Wildman–Crippen LogP) is 2.22. The molecule has 1 aromatic heterocycles. The van der Waals surface area contributed by atoms with Gasteiger partial charge in [0.05, 0.1) is 12.3 Å².